The van der Waals surface area contributed by atoms with Gasteiger partial charge in [-0.15, -0.1) is 0 Å². The van der Waals surface area contributed by atoms with Crippen molar-refractivity contribution in [1.82, 2.24) is 4.90 Å². The third-order valence-electron chi connectivity index (χ3n) is 4.23. The molecule has 148 valence electrons. The SMILES string of the molecule is CN(C)C=CC(=O)c1ccc(OCc2ccccc2)cc1OCc1ccccc1. The molecule has 0 bridgehead atoms. The average Bonchev–Trinajstić information content (AvgIpc) is 2.76. The van der Waals surface area contributed by atoms with Crippen molar-refractivity contribution in [3.8, 4) is 11.5 Å². The van der Waals surface area contributed by atoms with E-state index in [1.54, 1.807) is 24.4 Å². The van der Waals surface area contributed by atoms with Crippen molar-refractivity contribution in [2.24, 2.45) is 0 Å². The van der Waals surface area contributed by atoms with Crippen molar-refractivity contribution < 1.29 is 14.3 Å². The number of ether oxygens (including phenoxy) is 2. The molecule has 0 atom stereocenters. The van der Waals surface area contributed by atoms with Gasteiger partial charge in [-0.1, -0.05) is 60.7 Å². The molecule has 0 N–H and O–H groups in total. The minimum absolute atomic E-state index is 0.114. The van der Waals surface area contributed by atoms with Crippen LogP contribution in [0.15, 0.2) is 91.1 Å². The summed E-state index contributed by atoms with van der Waals surface area (Å²) >= 11 is 0. The molecule has 0 heterocycles. The molecule has 3 aromatic carbocycles. The zero-order valence-electron chi connectivity index (χ0n) is 16.7. The molecule has 3 rings (SSSR count). The lowest BCUT2D eigenvalue weighted by molar-refractivity contribution is 0.104. The molecule has 4 nitrogen and oxygen atoms in total. The van der Waals surface area contributed by atoms with Crippen molar-refractivity contribution in [3.63, 3.8) is 0 Å². The Balaban J connectivity index is 1.79. The number of nitrogens with zero attached hydrogens (tertiary/aromatic N) is 1. The third-order valence-corrected chi connectivity index (χ3v) is 4.23. The maximum Gasteiger partial charge on any atom is 0.191 e. The van der Waals surface area contributed by atoms with E-state index in [2.05, 4.69) is 0 Å². The molecule has 0 aliphatic heterocycles. The van der Waals surface area contributed by atoms with Crippen LogP contribution < -0.4 is 9.47 Å². The van der Waals surface area contributed by atoms with Crippen molar-refractivity contribution in [1.29, 1.82) is 0 Å². The molecule has 0 amide bonds. The summed E-state index contributed by atoms with van der Waals surface area (Å²) in [7, 11) is 3.74. The second-order valence-electron chi connectivity index (χ2n) is 6.85. The van der Waals surface area contributed by atoms with Crippen LogP contribution in [0.25, 0.3) is 0 Å². The molecule has 0 radical (unpaired) electrons. The van der Waals surface area contributed by atoms with Gasteiger partial charge in [-0.3, -0.25) is 4.79 Å². The Morgan fingerprint density at radius 2 is 1.41 bits per heavy atom. The highest BCUT2D eigenvalue weighted by Gasteiger charge is 2.13. The van der Waals surface area contributed by atoms with E-state index in [0.29, 0.717) is 30.3 Å². The Labute approximate surface area is 172 Å². The topological polar surface area (TPSA) is 38.8 Å². The highest BCUT2D eigenvalue weighted by Crippen LogP contribution is 2.27. The van der Waals surface area contributed by atoms with Gasteiger partial charge < -0.3 is 14.4 Å². The normalized spacial score (nSPS) is 10.7. The number of hydrogen-bond acceptors (Lipinski definition) is 4. The highest BCUT2D eigenvalue weighted by atomic mass is 16.5. The first-order valence-electron chi connectivity index (χ1n) is 9.48. The zero-order chi connectivity index (χ0) is 20.5. The molecule has 0 saturated heterocycles. The highest BCUT2D eigenvalue weighted by molar-refractivity contribution is 6.06. The molecule has 0 fully saturated rings. The molecule has 0 spiro atoms. The lowest BCUT2D eigenvalue weighted by atomic mass is 10.1. The number of benzene rings is 3. The van der Waals surface area contributed by atoms with Gasteiger partial charge in [0.25, 0.3) is 0 Å². The lowest BCUT2D eigenvalue weighted by Crippen LogP contribution is -2.06. The Hall–Kier alpha value is -3.53. The van der Waals surface area contributed by atoms with Crippen LogP contribution in [0, 0.1) is 0 Å². The van der Waals surface area contributed by atoms with Crippen molar-refractivity contribution in [2.75, 3.05) is 14.1 Å². The lowest BCUT2D eigenvalue weighted by Gasteiger charge is -2.13. The Kier molecular flexibility index (Phi) is 7.06. The van der Waals surface area contributed by atoms with Gasteiger partial charge >= 0.3 is 0 Å². The maximum atomic E-state index is 12.6. The van der Waals surface area contributed by atoms with Crippen LogP contribution >= 0.6 is 0 Å². The van der Waals surface area contributed by atoms with Gasteiger partial charge in [-0.2, -0.15) is 0 Å². The molecule has 0 aliphatic rings. The van der Waals surface area contributed by atoms with E-state index in [0.717, 1.165) is 11.1 Å². The summed E-state index contributed by atoms with van der Waals surface area (Å²) in [6.45, 7) is 0.827. The van der Waals surface area contributed by atoms with E-state index < -0.39 is 0 Å². The van der Waals surface area contributed by atoms with E-state index in [-0.39, 0.29) is 5.78 Å². The first-order valence-corrected chi connectivity index (χ1v) is 9.48. The summed E-state index contributed by atoms with van der Waals surface area (Å²) in [6, 6.07) is 25.1. The summed E-state index contributed by atoms with van der Waals surface area (Å²) in [5.41, 5.74) is 2.62. The summed E-state index contributed by atoms with van der Waals surface area (Å²) in [6.07, 6.45) is 3.26. The van der Waals surface area contributed by atoms with Crippen LogP contribution in [0.4, 0.5) is 0 Å². The molecule has 29 heavy (non-hydrogen) atoms. The van der Waals surface area contributed by atoms with Crippen molar-refractivity contribution in [3.05, 3.63) is 108 Å². The Morgan fingerprint density at radius 3 is 2.00 bits per heavy atom. The fraction of sp³-hybridized carbons (Fsp3) is 0.160. The average molecular weight is 387 g/mol. The molecule has 0 aromatic heterocycles. The van der Waals surface area contributed by atoms with Crippen LogP contribution in [-0.4, -0.2) is 24.8 Å². The van der Waals surface area contributed by atoms with Crippen LogP contribution in [0.3, 0.4) is 0 Å². The number of ketones is 1. The molecule has 0 unspecified atom stereocenters. The van der Waals surface area contributed by atoms with E-state index in [4.69, 9.17) is 9.47 Å². The Bertz CT molecular complexity index is 950. The van der Waals surface area contributed by atoms with Gasteiger partial charge in [0, 0.05) is 32.4 Å². The van der Waals surface area contributed by atoms with Gasteiger partial charge in [0.15, 0.2) is 5.78 Å². The summed E-state index contributed by atoms with van der Waals surface area (Å²) in [5, 5.41) is 0. The largest absolute Gasteiger partial charge is 0.489 e. The van der Waals surface area contributed by atoms with Crippen LogP contribution in [0.2, 0.25) is 0 Å². The number of carbonyl (C=O) groups excluding carboxylic acids is 1. The molecule has 0 saturated carbocycles. The van der Waals surface area contributed by atoms with Crippen LogP contribution in [-0.2, 0) is 13.2 Å². The summed E-state index contributed by atoms with van der Waals surface area (Å²) in [4.78, 5) is 14.5. The number of carbonyl (C=O) groups is 1. The fourth-order valence-corrected chi connectivity index (χ4v) is 2.70. The minimum Gasteiger partial charge on any atom is -0.489 e. The van der Waals surface area contributed by atoms with Gasteiger partial charge in [0.2, 0.25) is 0 Å². The Morgan fingerprint density at radius 1 is 0.828 bits per heavy atom. The predicted octanol–water partition coefficient (Wildman–Crippen LogP) is 5.10. The van der Waals surface area contributed by atoms with Crippen LogP contribution in [0.5, 0.6) is 11.5 Å². The van der Waals surface area contributed by atoms with Gasteiger partial charge in [0.05, 0.1) is 5.56 Å². The second kappa shape index (κ2) is 10.1. The minimum atomic E-state index is -0.114. The van der Waals surface area contributed by atoms with Crippen LogP contribution in [0.1, 0.15) is 21.5 Å². The monoisotopic (exact) mass is 387 g/mol. The third kappa shape index (κ3) is 6.25. The van der Waals surface area contributed by atoms with Gasteiger partial charge in [0.1, 0.15) is 24.7 Å². The number of rotatable bonds is 9. The van der Waals surface area contributed by atoms with Gasteiger partial charge in [-0.05, 0) is 23.3 Å². The fourth-order valence-electron chi connectivity index (χ4n) is 2.70. The second-order valence-corrected chi connectivity index (χ2v) is 6.85. The molecule has 4 heteroatoms. The number of hydrogen-bond donors (Lipinski definition) is 0. The smallest absolute Gasteiger partial charge is 0.191 e. The molecular formula is C25H25NO3. The van der Waals surface area contributed by atoms with E-state index in [1.165, 1.54) is 6.08 Å². The standard InChI is InChI=1S/C25H25NO3/c1-26(2)16-15-24(27)23-14-13-22(28-18-20-9-5-3-6-10-20)17-25(23)29-19-21-11-7-4-8-12-21/h3-17H,18-19H2,1-2H3. The van der Waals surface area contributed by atoms with E-state index in [9.17, 15) is 4.79 Å². The first-order chi connectivity index (χ1) is 14.1. The summed E-state index contributed by atoms with van der Waals surface area (Å²) < 4.78 is 11.9. The summed E-state index contributed by atoms with van der Waals surface area (Å²) in [5.74, 6) is 1.05. The number of allylic oxidation sites excluding steroid dienone is 1. The molecule has 0 aliphatic carbocycles. The van der Waals surface area contributed by atoms with Gasteiger partial charge in [-0.25, -0.2) is 0 Å². The predicted molar refractivity (Wildman–Crippen MR) is 115 cm³/mol. The van der Waals surface area contributed by atoms with E-state index >= 15 is 0 Å². The molecule has 3 aromatic rings. The maximum absolute atomic E-state index is 12.6. The van der Waals surface area contributed by atoms with Crippen molar-refractivity contribution >= 4 is 5.78 Å². The zero-order valence-corrected chi connectivity index (χ0v) is 16.7. The first kappa shape index (κ1) is 20.2. The quantitative estimate of drug-likeness (QED) is 0.378. The van der Waals surface area contributed by atoms with Crippen molar-refractivity contribution in [2.45, 2.75) is 13.2 Å². The van der Waals surface area contributed by atoms with E-state index in [1.807, 2.05) is 79.7 Å². The molecular weight excluding hydrogens is 362 g/mol.